The van der Waals surface area contributed by atoms with Gasteiger partial charge in [0.15, 0.2) is 5.76 Å². The maximum absolute atomic E-state index is 12.5. The molecule has 6 nitrogen and oxygen atoms in total. The Morgan fingerprint density at radius 3 is 2.43 bits per heavy atom. The number of benzene rings is 1. The standard InChI is InChI=1S/C23H25NO5S/c1-14-12-18(22(26)27-5)21(30-14)24-20(25)19-11-10-17(29-19)13-28-16-8-6-15(7-9-16)23(2,3)4/h6-12H,13H2,1-5H3,(H,24,25). The number of carbonyl (C=O) groups is 2. The highest BCUT2D eigenvalue weighted by molar-refractivity contribution is 7.16. The number of furan rings is 1. The van der Waals surface area contributed by atoms with Crippen molar-refractivity contribution in [3.8, 4) is 5.75 Å². The van der Waals surface area contributed by atoms with E-state index in [1.54, 1.807) is 18.2 Å². The fraction of sp³-hybridized carbons (Fsp3) is 0.304. The molecule has 158 valence electrons. The number of nitrogens with one attached hydrogen (secondary N) is 1. The van der Waals surface area contributed by atoms with Gasteiger partial charge in [-0.1, -0.05) is 32.9 Å². The molecule has 0 radical (unpaired) electrons. The summed E-state index contributed by atoms with van der Waals surface area (Å²) >= 11 is 1.30. The molecular formula is C23H25NO5S. The molecule has 0 bridgehead atoms. The van der Waals surface area contributed by atoms with Crippen molar-refractivity contribution in [2.24, 2.45) is 0 Å². The number of amides is 1. The van der Waals surface area contributed by atoms with Crippen molar-refractivity contribution in [3.63, 3.8) is 0 Å². The van der Waals surface area contributed by atoms with Crippen molar-refractivity contribution in [1.82, 2.24) is 0 Å². The Kier molecular flexibility index (Phi) is 6.31. The summed E-state index contributed by atoms with van der Waals surface area (Å²) in [5, 5.41) is 3.14. The zero-order valence-corrected chi connectivity index (χ0v) is 18.5. The molecule has 0 aliphatic rings. The van der Waals surface area contributed by atoms with Crippen LogP contribution in [0.15, 0.2) is 46.9 Å². The third-order valence-corrected chi connectivity index (χ3v) is 5.44. The molecule has 0 saturated carbocycles. The maximum Gasteiger partial charge on any atom is 0.340 e. The number of methoxy groups -OCH3 is 1. The van der Waals surface area contributed by atoms with Gasteiger partial charge in [-0.3, -0.25) is 4.79 Å². The first-order valence-electron chi connectivity index (χ1n) is 9.49. The highest BCUT2D eigenvalue weighted by atomic mass is 32.1. The zero-order valence-electron chi connectivity index (χ0n) is 17.7. The first-order valence-corrected chi connectivity index (χ1v) is 10.3. The van der Waals surface area contributed by atoms with Gasteiger partial charge >= 0.3 is 5.97 Å². The lowest BCUT2D eigenvalue weighted by molar-refractivity contribution is 0.0602. The van der Waals surface area contributed by atoms with E-state index in [1.165, 1.54) is 24.0 Å². The maximum atomic E-state index is 12.5. The zero-order chi connectivity index (χ0) is 21.9. The topological polar surface area (TPSA) is 77.8 Å². The van der Waals surface area contributed by atoms with Crippen LogP contribution < -0.4 is 10.1 Å². The largest absolute Gasteiger partial charge is 0.486 e. The fourth-order valence-electron chi connectivity index (χ4n) is 2.82. The molecule has 2 heterocycles. The second kappa shape index (κ2) is 8.75. The fourth-order valence-corrected chi connectivity index (χ4v) is 3.71. The minimum absolute atomic E-state index is 0.0800. The van der Waals surface area contributed by atoms with E-state index >= 15 is 0 Å². The number of aryl methyl sites for hydroxylation is 1. The van der Waals surface area contributed by atoms with Crippen LogP contribution in [0, 0.1) is 6.92 Å². The first kappa shape index (κ1) is 21.6. The number of ether oxygens (including phenoxy) is 2. The van der Waals surface area contributed by atoms with Gasteiger partial charge in [0, 0.05) is 4.88 Å². The summed E-state index contributed by atoms with van der Waals surface area (Å²) in [5.41, 5.74) is 1.63. The molecule has 3 rings (SSSR count). The summed E-state index contributed by atoms with van der Waals surface area (Å²) in [6.07, 6.45) is 0. The molecule has 0 saturated heterocycles. The number of thiophene rings is 1. The third-order valence-electron chi connectivity index (χ3n) is 4.47. The lowest BCUT2D eigenvalue weighted by Crippen LogP contribution is -2.13. The van der Waals surface area contributed by atoms with Gasteiger partial charge in [0.25, 0.3) is 5.91 Å². The van der Waals surface area contributed by atoms with Gasteiger partial charge in [0.05, 0.1) is 12.7 Å². The number of rotatable bonds is 6. The van der Waals surface area contributed by atoms with Crippen LogP contribution in [0.5, 0.6) is 5.75 Å². The van der Waals surface area contributed by atoms with Crippen molar-refractivity contribution < 1.29 is 23.5 Å². The van der Waals surface area contributed by atoms with Crippen LogP contribution in [0.3, 0.4) is 0 Å². The predicted molar refractivity (Wildman–Crippen MR) is 117 cm³/mol. The van der Waals surface area contributed by atoms with Crippen molar-refractivity contribution in [2.75, 3.05) is 12.4 Å². The Morgan fingerprint density at radius 1 is 1.10 bits per heavy atom. The Bertz CT molecular complexity index is 1040. The first-order chi connectivity index (χ1) is 14.2. The summed E-state index contributed by atoms with van der Waals surface area (Å²) in [6.45, 7) is 8.52. The molecular weight excluding hydrogens is 402 g/mol. The smallest absolute Gasteiger partial charge is 0.340 e. The van der Waals surface area contributed by atoms with Crippen molar-refractivity contribution in [1.29, 1.82) is 0 Å². The molecule has 2 aromatic heterocycles. The van der Waals surface area contributed by atoms with Gasteiger partial charge in [-0.2, -0.15) is 0 Å². The van der Waals surface area contributed by atoms with E-state index in [-0.39, 0.29) is 17.8 Å². The van der Waals surface area contributed by atoms with E-state index < -0.39 is 11.9 Å². The van der Waals surface area contributed by atoms with Gasteiger partial charge in [-0.15, -0.1) is 11.3 Å². The minimum atomic E-state index is -0.499. The Morgan fingerprint density at radius 2 is 1.80 bits per heavy atom. The molecule has 0 atom stereocenters. The van der Waals surface area contributed by atoms with Gasteiger partial charge in [0.1, 0.15) is 23.1 Å². The van der Waals surface area contributed by atoms with Gasteiger partial charge in [-0.25, -0.2) is 4.79 Å². The monoisotopic (exact) mass is 427 g/mol. The number of hydrogen-bond donors (Lipinski definition) is 1. The summed E-state index contributed by atoms with van der Waals surface area (Å²) in [5.74, 6) is 0.444. The van der Waals surface area contributed by atoms with Gasteiger partial charge in [-0.05, 0) is 48.2 Å². The average Bonchev–Trinajstić information content (AvgIpc) is 3.32. The molecule has 0 aliphatic heterocycles. The Labute approximate surface area is 179 Å². The summed E-state index contributed by atoms with van der Waals surface area (Å²) < 4.78 is 16.1. The van der Waals surface area contributed by atoms with Crippen LogP contribution in [0.2, 0.25) is 0 Å². The van der Waals surface area contributed by atoms with E-state index in [0.29, 0.717) is 16.3 Å². The Hall–Kier alpha value is -3.06. The molecule has 0 fully saturated rings. The van der Waals surface area contributed by atoms with Gasteiger partial charge < -0.3 is 19.2 Å². The lowest BCUT2D eigenvalue weighted by atomic mass is 9.87. The van der Waals surface area contributed by atoms with Crippen molar-refractivity contribution in [3.05, 3.63) is 70.0 Å². The van der Waals surface area contributed by atoms with Crippen LogP contribution in [0.25, 0.3) is 0 Å². The number of esters is 1. The normalized spacial score (nSPS) is 11.2. The van der Waals surface area contributed by atoms with E-state index in [1.807, 2.05) is 31.2 Å². The minimum Gasteiger partial charge on any atom is -0.486 e. The van der Waals surface area contributed by atoms with E-state index in [0.717, 1.165) is 10.6 Å². The third kappa shape index (κ3) is 5.10. The van der Waals surface area contributed by atoms with E-state index in [4.69, 9.17) is 13.9 Å². The van der Waals surface area contributed by atoms with Crippen LogP contribution in [-0.4, -0.2) is 19.0 Å². The molecule has 0 unspecified atom stereocenters. The molecule has 0 spiro atoms. The SMILES string of the molecule is COC(=O)c1cc(C)sc1NC(=O)c1ccc(COc2ccc(C(C)(C)C)cc2)o1. The molecule has 1 aromatic carbocycles. The summed E-state index contributed by atoms with van der Waals surface area (Å²) in [6, 6.07) is 12.9. The number of anilines is 1. The second-order valence-electron chi connectivity index (χ2n) is 7.87. The predicted octanol–water partition coefficient (Wildman–Crippen LogP) is 5.56. The highest BCUT2D eigenvalue weighted by Gasteiger charge is 2.20. The van der Waals surface area contributed by atoms with Crippen LogP contribution >= 0.6 is 11.3 Å². The number of carbonyl (C=O) groups excluding carboxylic acids is 2. The molecule has 1 N–H and O–H groups in total. The van der Waals surface area contributed by atoms with Crippen LogP contribution in [-0.2, 0) is 16.8 Å². The van der Waals surface area contributed by atoms with Crippen LogP contribution in [0.4, 0.5) is 5.00 Å². The molecule has 1 amide bonds. The van der Waals surface area contributed by atoms with Crippen molar-refractivity contribution >= 4 is 28.2 Å². The lowest BCUT2D eigenvalue weighted by Gasteiger charge is -2.19. The van der Waals surface area contributed by atoms with E-state index in [2.05, 4.69) is 26.1 Å². The molecule has 0 aliphatic carbocycles. The average molecular weight is 428 g/mol. The van der Waals surface area contributed by atoms with Crippen LogP contribution in [0.1, 0.15) is 57.9 Å². The molecule has 3 aromatic rings. The molecule has 7 heteroatoms. The number of hydrogen-bond acceptors (Lipinski definition) is 6. The summed E-state index contributed by atoms with van der Waals surface area (Å²) in [7, 11) is 1.30. The summed E-state index contributed by atoms with van der Waals surface area (Å²) in [4.78, 5) is 25.3. The molecule has 30 heavy (non-hydrogen) atoms. The van der Waals surface area contributed by atoms with Gasteiger partial charge in [0.2, 0.25) is 0 Å². The highest BCUT2D eigenvalue weighted by Crippen LogP contribution is 2.29. The van der Waals surface area contributed by atoms with E-state index in [9.17, 15) is 9.59 Å². The van der Waals surface area contributed by atoms with Crippen molar-refractivity contribution in [2.45, 2.75) is 39.7 Å². The Balaban J connectivity index is 1.62. The second-order valence-corrected chi connectivity index (χ2v) is 9.13. The quantitative estimate of drug-likeness (QED) is 0.521.